The monoisotopic (exact) mass is 310 g/mol. The summed E-state index contributed by atoms with van der Waals surface area (Å²) in [4.78, 5) is 19.9. The van der Waals surface area contributed by atoms with Gasteiger partial charge in [-0.1, -0.05) is 6.07 Å². The van der Waals surface area contributed by atoms with Crippen LogP contribution in [-0.4, -0.2) is 48.0 Å². The summed E-state index contributed by atoms with van der Waals surface area (Å²) in [7, 11) is 2.16. The van der Waals surface area contributed by atoms with Crippen LogP contribution in [0.2, 0.25) is 0 Å². The Hall–Kier alpha value is -1.78. The summed E-state index contributed by atoms with van der Waals surface area (Å²) in [5.41, 5.74) is 2.77. The van der Waals surface area contributed by atoms with Crippen molar-refractivity contribution < 1.29 is 9.53 Å². The number of carbonyl (C=O) groups excluding carboxylic acids is 1. The zero-order valence-electron chi connectivity index (χ0n) is 13.7. The van der Waals surface area contributed by atoms with Gasteiger partial charge in [0.15, 0.2) is 5.78 Å². The number of ether oxygens (including phenoxy) is 1. The van der Waals surface area contributed by atoms with Gasteiger partial charge in [-0.3, -0.25) is 14.7 Å². The van der Waals surface area contributed by atoms with E-state index in [4.69, 9.17) is 4.74 Å². The van der Waals surface area contributed by atoms with Crippen molar-refractivity contribution >= 4 is 16.7 Å². The number of likely N-dealkylation sites (N-methyl/N-ethyl adjacent to an activating group) is 1. The number of piperidine rings is 1. The quantitative estimate of drug-likeness (QED) is 0.800. The van der Waals surface area contributed by atoms with Crippen molar-refractivity contribution in [2.75, 3.05) is 20.3 Å². The first-order valence-electron chi connectivity index (χ1n) is 8.33. The van der Waals surface area contributed by atoms with Crippen molar-refractivity contribution in [3.05, 3.63) is 41.6 Å². The van der Waals surface area contributed by atoms with Crippen LogP contribution in [-0.2, 0) is 4.74 Å². The minimum atomic E-state index is 0.112. The third-order valence-electron chi connectivity index (χ3n) is 5.37. The third-order valence-corrected chi connectivity index (χ3v) is 5.37. The van der Waals surface area contributed by atoms with Gasteiger partial charge < -0.3 is 4.74 Å². The molecule has 4 nitrogen and oxygen atoms in total. The number of pyridine rings is 1. The molecule has 2 atom stereocenters. The maximum Gasteiger partial charge on any atom is 0.166 e. The van der Waals surface area contributed by atoms with Crippen molar-refractivity contribution in [2.24, 2.45) is 5.92 Å². The lowest BCUT2D eigenvalue weighted by Crippen LogP contribution is -2.55. The molecule has 0 spiro atoms. The Morgan fingerprint density at radius 1 is 1.17 bits per heavy atom. The first-order valence-corrected chi connectivity index (χ1v) is 8.33. The van der Waals surface area contributed by atoms with E-state index in [0.717, 1.165) is 48.2 Å². The van der Waals surface area contributed by atoms with Crippen LogP contribution in [0.4, 0.5) is 0 Å². The molecule has 0 saturated carbocycles. The molecule has 0 N–H and O–H groups in total. The Bertz CT molecular complexity index is 744. The molecule has 2 unspecified atom stereocenters. The summed E-state index contributed by atoms with van der Waals surface area (Å²) in [6, 6.07) is 10.7. The number of aromatic nitrogens is 1. The second kappa shape index (κ2) is 5.69. The summed E-state index contributed by atoms with van der Waals surface area (Å²) in [6.45, 7) is 3.48. The predicted octanol–water partition coefficient (Wildman–Crippen LogP) is 2.84. The summed E-state index contributed by atoms with van der Waals surface area (Å²) in [5, 5.41) is 1.04. The average molecular weight is 310 g/mol. The zero-order valence-corrected chi connectivity index (χ0v) is 13.7. The molecular weight excluding hydrogens is 288 g/mol. The minimum absolute atomic E-state index is 0.112. The number of nitrogens with zero attached hydrogens (tertiary/aromatic N) is 2. The lowest BCUT2D eigenvalue weighted by molar-refractivity contribution is -0.0702. The van der Waals surface area contributed by atoms with Crippen molar-refractivity contribution in [3.63, 3.8) is 0 Å². The number of aryl methyl sites for hydroxylation is 1. The molecule has 3 heterocycles. The molecule has 1 aromatic heterocycles. The molecule has 2 aliphatic rings. The van der Waals surface area contributed by atoms with E-state index in [1.807, 2.05) is 37.3 Å². The number of fused-ring (bicyclic) bond motifs is 3. The van der Waals surface area contributed by atoms with E-state index in [9.17, 15) is 4.79 Å². The summed E-state index contributed by atoms with van der Waals surface area (Å²) in [6.07, 6.45) is 1.80. The van der Waals surface area contributed by atoms with Gasteiger partial charge in [0, 0.05) is 34.6 Å². The van der Waals surface area contributed by atoms with E-state index in [1.165, 1.54) is 0 Å². The van der Waals surface area contributed by atoms with Crippen molar-refractivity contribution in [3.8, 4) is 0 Å². The van der Waals surface area contributed by atoms with Crippen LogP contribution in [0.1, 0.15) is 28.9 Å². The Morgan fingerprint density at radius 3 is 2.65 bits per heavy atom. The van der Waals surface area contributed by atoms with Crippen LogP contribution in [0.25, 0.3) is 10.9 Å². The number of carbonyl (C=O) groups is 1. The number of Topliss-reactive ketones (excluding diaryl/α,β-unsaturated/α-hetero) is 1. The third kappa shape index (κ3) is 2.66. The van der Waals surface area contributed by atoms with Gasteiger partial charge >= 0.3 is 0 Å². The van der Waals surface area contributed by atoms with Crippen molar-refractivity contribution in [1.82, 2.24) is 9.88 Å². The van der Waals surface area contributed by atoms with Gasteiger partial charge in [0.2, 0.25) is 0 Å². The van der Waals surface area contributed by atoms with Crippen LogP contribution in [0, 0.1) is 12.8 Å². The van der Waals surface area contributed by atoms with E-state index in [-0.39, 0.29) is 11.7 Å². The SMILES string of the molecule is Cc1ccc2cc(C(=O)C3CC4COCC(C3)N4C)ccc2n1. The lowest BCUT2D eigenvalue weighted by Gasteiger charge is -2.46. The molecule has 0 amide bonds. The number of morpholine rings is 1. The number of benzene rings is 1. The number of hydrogen-bond donors (Lipinski definition) is 0. The van der Waals surface area contributed by atoms with Crippen LogP contribution < -0.4 is 0 Å². The highest BCUT2D eigenvalue weighted by atomic mass is 16.5. The molecule has 0 radical (unpaired) electrons. The zero-order chi connectivity index (χ0) is 16.0. The highest BCUT2D eigenvalue weighted by Gasteiger charge is 2.39. The molecule has 2 aliphatic heterocycles. The molecule has 2 fully saturated rings. The highest BCUT2D eigenvalue weighted by Crippen LogP contribution is 2.32. The first kappa shape index (κ1) is 14.8. The largest absolute Gasteiger partial charge is 0.378 e. The number of ketones is 1. The van der Waals surface area contributed by atoms with Gasteiger partial charge in [-0.15, -0.1) is 0 Å². The van der Waals surface area contributed by atoms with Crippen LogP contribution in [0.15, 0.2) is 30.3 Å². The smallest absolute Gasteiger partial charge is 0.166 e. The van der Waals surface area contributed by atoms with Crippen molar-refractivity contribution in [1.29, 1.82) is 0 Å². The van der Waals surface area contributed by atoms with Gasteiger partial charge in [0.1, 0.15) is 0 Å². The molecule has 120 valence electrons. The van der Waals surface area contributed by atoms with Gasteiger partial charge in [-0.05, 0) is 51.1 Å². The van der Waals surface area contributed by atoms with E-state index < -0.39 is 0 Å². The fourth-order valence-electron chi connectivity index (χ4n) is 3.93. The second-order valence-corrected chi connectivity index (χ2v) is 6.90. The first-order chi connectivity index (χ1) is 11.1. The fraction of sp³-hybridized carbons (Fsp3) is 0.474. The lowest BCUT2D eigenvalue weighted by atomic mass is 9.81. The van der Waals surface area contributed by atoms with Gasteiger partial charge in [-0.2, -0.15) is 0 Å². The average Bonchev–Trinajstić information content (AvgIpc) is 2.53. The van der Waals surface area contributed by atoms with Crippen LogP contribution in [0.5, 0.6) is 0 Å². The molecule has 23 heavy (non-hydrogen) atoms. The normalized spacial score (nSPS) is 28.0. The molecular formula is C19H22N2O2. The number of hydrogen-bond acceptors (Lipinski definition) is 4. The molecule has 2 bridgehead atoms. The van der Waals surface area contributed by atoms with E-state index >= 15 is 0 Å². The van der Waals surface area contributed by atoms with E-state index in [0.29, 0.717) is 12.1 Å². The maximum absolute atomic E-state index is 13.0. The van der Waals surface area contributed by atoms with Crippen LogP contribution >= 0.6 is 0 Å². The minimum Gasteiger partial charge on any atom is -0.378 e. The highest BCUT2D eigenvalue weighted by molar-refractivity contribution is 6.01. The maximum atomic E-state index is 13.0. The standard InChI is InChI=1S/C19H22N2O2/c1-12-3-4-13-7-14(5-6-18(13)20-12)19(22)15-8-16-10-23-11-17(9-15)21(16)2/h3-7,15-17H,8-11H2,1-2H3. The van der Waals surface area contributed by atoms with E-state index in [1.54, 1.807) is 0 Å². The Balaban J connectivity index is 1.60. The van der Waals surface area contributed by atoms with Gasteiger partial charge in [0.25, 0.3) is 0 Å². The van der Waals surface area contributed by atoms with Crippen molar-refractivity contribution in [2.45, 2.75) is 31.8 Å². The molecule has 4 heteroatoms. The Morgan fingerprint density at radius 2 is 1.91 bits per heavy atom. The number of rotatable bonds is 2. The Labute approximate surface area is 136 Å². The topological polar surface area (TPSA) is 42.4 Å². The molecule has 0 aliphatic carbocycles. The summed E-state index contributed by atoms with van der Waals surface area (Å²) in [5.74, 6) is 0.387. The molecule has 2 aromatic rings. The molecule has 1 aromatic carbocycles. The fourth-order valence-corrected chi connectivity index (χ4v) is 3.93. The van der Waals surface area contributed by atoms with Gasteiger partial charge in [0.05, 0.1) is 18.7 Å². The molecule has 2 saturated heterocycles. The van der Waals surface area contributed by atoms with E-state index in [2.05, 4.69) is 16.9 Å². The summed E-state index contributed by atoms with van der Waals surface area (Å²) >= 11 is 0. The van der Waals surface area contributed by atoms with Crippen LogP contribution in [0.3, 0.4) is 0 Å². The van der Waals surface area contributed by atoms with Gasteiger partial charge in [-0.25, -0.2) is 0 Å². The Kier molecular flexibility index (Phi) is 3.66. The summed E-state index contributed by atoms with van der Waals surface area (Å²) < 4.78 is 5.65. The molecule has 4 rings (SSSR count). The second-order valence-electron chi connectivity index (χ2n) is 6.90. The predicted molar refractivity (Wildman–Crippen MR) is 89.7 cm³/mol.